The van der Waals surface area contributed by atoms with Gasteiger partial charge in [0.15, 0.2) is 5.57 Å². The topological polar surface area (TPSA) is 56.6 Å². The molecule has 0 spiro atoms. The zero-order valence-electron chi connectivity index (χ0n) is 12.8. The Kier molecular flexibility index (Phi) is 5.73. The maximum atomic E-state index is 11.7. The van der Waals surface area contributed by atoms with Crippen molar-refractivity contribution in [3.8, 4) is 6.07 Å². The second kappa shape index (κ2) is 7.76. The highest BCUT2D eigenvalue weighted by molar-refractivity contribution is 8.02. The van der Waals surface area contributed by atoms with E-state index in [2.05, 4.69) is 21.9 Å². The van der Waals surface area contributed by atoms with Gasteiger partial charge in [0.1, 0.15) is 6.07 Å². The van der Waals surface area contributed by atoms with Gasteiger partial charge in [-0.25, -0.2) is 4.79 Å². The van der Waals surface area contributed by atoms with E-state index in [-0.39, 0.29) is 5.57 Å². The standard InChI is InChI=1S/C16H19N3O2S/c1-21-16(20)14(12-17)15(22-2)19-10-8-18(9-11-19)13-6-4-3-5-7-13/h3-7H,8-11H2,1-2H3/b15-14+. The van der Waals surface area contributed by atoms with E-state index < -0.39 is 5.97 Å². The molecule has 0 bridgehead atoms. The second-order valence-corrected chi connectivity index (χ2v) is 5.59. The van der Waals surface area contributed by atoms with Gasteiger partial charge in [-0.1, -0.05) is 18.2 Å². The third kappa shape index (κ3) is 3.55. The summed E-state index contributed by atoms with van der Waals surface area (Å²) in [6.45, 7) is 3.25. The third-order valence-corrected chi connectivity index (χ3v) is 4.45. The number of esters is 1. The molecule has 0 unspecified atom stereocenters. The Morgan fingerprint density at radius 3 is 2.36 bits per heavy atom. The van der Waals surface area contributed by atoms with Gasteiger partial charge in [0.25, 0.3) is 0 Å². The third-order valence-electron chi connectivity index (χ3n) is 3.60. The highest BCUT2D eigenvalue weighted by Crippen LogP contribution is 2.25. The lowest BCUT2D eigenvalue weighted by Crippen LogP contribution is -2.45. The summed E-state index contributed by atoms with van der Waals surface area (Å²) in [6.07, 6.45) is 1.87. The second-order valence-electron chi connectivity index (χ2n) is 4.80. The van der Waals surface area contributed by atoms with Gasteiger partial charge in [0.2, 0.25) is 0 Å². The predicted octanol–water partition coefficient (Wildman–Crippen LogP) is 2.08. The van der Waals surface area contributed by atoms with Gasteiger partial charge in [-0.2, -0.15) is 5.26 Å². The van der Waals surface area contributed by atoms with Crippen molar-refractivity contribution in [3.63, 3.8) is 0 Å². The zero-order valence-corrected chi connectivity index (χ0v) is 13.6. The van der Waals surface area contributed by atoms with Gasteiger partial charge in [0, 0.05) is 31.9 Å². The number of carbonyl (C=O) groups excluding carboxylic acids is 1. The van der Waals surface area contributed by atoms with Gasteiger partial charge in [0.05, 0.1) is 12.1 Å². The van der Waals surface area contributed by atoms with Crippen LogP contribution in [-0.2, 0) is 9.53 Å². The Bertz CT molecular complexity index is 587. The van der Waals surface area contributed by atoms with E-state index in [1.54, 1.807) is 0 Å². The molecule has 1 aliphatic heterocycles. The average molecular weight is 317 g/mol. The van der Waals surface area contributed by atoms with E-state index in [9.17, 15) is 10.1 Å². The van der Waals surface area contributed by atoms with Crippen LogP contribution in [0.5, 0.6) is 0 Å². The number of nitriles is 1. The van der Waals surface area contributed by atoms with Gasteiger partial charge < -0.3 is 14.5 Å². The highest BCUT2D eigenvalue weighted by Gasteiger charge is 2.24. The Balaban J connectivity index is 2.11. The quantitative estimate of drug-likeness (QED) is 0.481. The van der Waals surface area contributed by atoms with Crippen molar-refractivity contribution >= 4 is 23.4 Å². The normalized spacial score (nSPS) is 15.9. The number of hydrogen-bond acceptors (Lipinski definition) is 6. The van der Waals surface area contributed by atoms with Crippen LogP contribution >= 0.6 is 11.8 Å². The molecule has 5 nitrogen and oxygen atoms in total. The molecule has 1 heterocycles. The fourth-order valence-corrected chi connectivity index (χ4v) is 3.25. The largest absolute Gasteiger partial charge is 0.465 e. The predicted molar refractivity (Wildman–Crippen MR) is 88.4 cm³/mol. The lowest BCUT2D eigenvalue weighted by Gasteiger charge is -2.38. The molecular formula is C16H19N3O2S. The maximum Gasteiger partial charge on any atom is 0.351 e. The first kappa shape index (κ1) is 16.2. The molecule has 2 rings (SSSR count). The van der Waals surface area contributed by atoms with Gasteiger partial charge >= 0.3 is 5.97 Å². The molecule has 1 aliphatic rings. The smallest absolute Gasteiger partial charge is 0.351 e. The van der Waals surface area contributed by atoms with Gasteiger partial charge in [-0.3, -0.25) is 0 Å². The minimum Gasteiger partial charge on any atom is -0.465 e. The molecular weight excluding hydrogens is 298 g/mol. The molecule has 0 aromatic heterocycles. The molecule has 22 heavy (non-hydrogen) atoms. The van der Waals surface area contributed by atoms with E-state index in [1.165, 1.54) is 24.6 Å². The number of piperazine rings is 1. The zero-order chi connectivity index (χ0) is 15.9. The summed E-state index contributed by atoms with van der Waals surface area (Å²) in [6, 6.07) is 12.2. The molecule has 1 fully saturated rings. The van der Waals surface area contributed by atoms with Crippen molar-refractivity contribution in [1.82, 2.24) is 4.90 Å². The summed E-state index contributed by atoms with van der Waals surface area (Å²) in [4.78, 5) is 16.1. The summed E-state index contributed by atoms with van der Waals surface area (Å²) in [5.41, 5.74) is 1.29. The summed E-state index contributed by atoms with van der Waals surface area (Å²) >= 11 is 1.41. The number of carbonyl (C=O) groups is 1. The van der Waals surface area contributed by atoms with Crippen LogP contribution in [0.25, 0.3) is 0 Å². The molecule has 1 aromatic carbocycles. The number of rotatable bonds is 4. The summed E-state index contributed by atoms with van der Waals surface area (Å²) < 4.78 is 4.70. The maximum absolute atomic E-state index is 11.7. The van der Waals surface area contributed by atoms with E-state index in [1.807, 2.05) is 30.5 Å². The Hall–Kier alpha value is -2.13. The van der Waals surface area contributed by atoms with Crippen molar-refractivity contribution in [2.45, 2.75) is 0 Å². The molecule has 0 saturated carbocycles. The van der Waals surface area contributed by atoms with Crippen LogP contribution in [0.1, 0.15) is 0 Å². The van der Waals surface area contributed by atoms with E-state index in [0.717, 1.165) is 26.2 Å². The lowest BCUT2D eigenvalue weighted by atomic mass is 10.2. The van der Waals surface area contributed by atoms with Crippen LogP contribution in [0.2, 0.25) is 0 Å². The molecule has 0 amide bonds. The fraction of sp³-hybridized carbons (Fsp3) is 0.375. The molecule has 1 aromatic rings. The number of anilines is 1. The molecule has 0 radical (unpaired) electrons. The number of methoxy groups -OCH3 is 1. The SMILES string of the molecule is COC(=O)/C(C#N)=C(/SC)N1CCN(c2ccccc2)CC1. The summed E-state index contributed by atoms with van der Waals surface area (Å²) in [7, 11) is 1.30. The number of thioether (sulfide) groups is 1. The minimum absolute atomic E-state index is 0.0863. The lowest BCUT2D eigenvalue weighted by molar-refractivity contribution is -0.135. The van der Waals surface area contributed by atoms with Crippen LogP contribution in [-0.4, -0.2) is 50.4 Å². The average Bonchev–Trinajstić information content (AvgIpc) is 2.60. The Labute approximate surface area is 135 Å². The molecule has 116 valence electrons. The monoisotopic (exact) mass is 317 g/mol. The number of para-hydroxylation sites is 1. The highest BCUT2D eigenvalue weighted by atomic mass is 32.2. The first-order valence-electron chi connectivity index (χ1n) is 7.03. The minimum atomic E-state index is -0.572. The van der Waals surface area contributed by atoms with Gasteiger partial charge in [-0.15, -0.1) is 11.8 Å². The van der Waals surface area contributed by atoms with E-state index >= 15 is 0 Å². The molecule has 0 atom stereocenters. The van der Waals surface area contributed by atoms with Crippen molar-refractivity contribution in [1.29, 1.82) is 5.26 Å². The molecule has 1 saturated heterocycles. The fourth-order valence-electron chi connectivity index (χ4n) is 2.48. The van der Waals surface area contributed by atoms with Crippen molar-refractivity contribution in [2.75, 3.05) is 44.4 Å². The molecule has 6 heteroatoms. The number of nitrogens with zero attached hydrogens (tertiary/aromatic N) is 3. The Morgan fingerprint density at radius 2 is 1.86 bits per heavy atom. The molecule has 0 N–H and O–H groups in total. The van der Waals surface area contributed by atoms with Crippen LogP contribution in [0.15, 0.2) is 40.9 Å². The number of ether oxygens (including phenoxy) is 1. The van der Waals surface area contributed by atoms with Crippen molar-refractivity contribution < 1.29 is 9.53 Å². The Morgan fingerprint density at radius 1 is 1.23 bits per heavy atom. The van der Waals surface area contributed by atoms with Crippen LogP contribution in [0.4, 0.5) is 5.69 Å². The van der Waals surface area contributed by atoms with Crippen LogP contribution in [0, 0.1) is 11.3 Å². The number of hydrogen-bond donors (Lipinski definition) is 0. The number of benzene rings is 1. The van der Waals surface area contributed by atoms with E-state index in [4.69, 9.17) is 4.74 Å². The van der Waals surface area contributed by atoms with Crippen LogP contribution < -0.4 is 4.90 Å². The first-order chi connectivity index (χ1) is 10.7. The van der Waals surface area contributed by atoms with Gasteiger partial charge in [-0.05, 0) is 18.4 Å². The van der Waals surface area contributed by atoms with Crippen molar-refractivity contribution in [2.24, 2.45) is 0 Å². The first-order valence-corrected chi connectivity index (χ1v) is 8.25. The summed E-state index contributed by atoms with van der Waals surface area (Å²) in [5.74, 6) is -0.572. The van der Waals surface area contributed by atoms with E-state index in [0.29, 0.717) is 5.03 Å². The molecule has 0 aliphatic carbocycles. The van der Waals surface area contributed by atoms with Crippen molar-refractivity contribution in [3.05, 3.63) is 40.9 Å². The van der Waals surface area contributed by atoms with Crippen LogP contribution in [0.3, 0.4) is 0 Å². The summed E-state index contributed by atoms with van der Waals surface area (Å²) in [5, 5.41) is 9.93.